The summed E-state index contributed by atoms with van der Waals surface area (Å²) in [5.74, 6) is 0.295. The van der Waals surface area contributed by atoms with Crippen LogP contribution in [0.15, 0.2) is 12.1 Å². The quantitative estimate of drug-likeness (QED) is 0.813. The summed E-state index contributed by atoms with van der Waals surface area (Å²) in [5.41, 5.74) is 10.6. The molecule has 0 aromatic carbocycles. The first-order valence-electron chi connectivity index (χ1n) is 5.63. The number of carbonyl (C=O) groups excluding carboxylic acids is 1. The molecule has 1 heterocycles. The van der Waals surface area contributed by atoms with E-state index in [9.17, 15) is 4.79 Å². The van der Waals surface area contributed by atoms with Gasteiger partial charge in [-0.1, -0.05) is 13.8 Å². The predicted octanol–water partition coefficient (Wildman–Crippen LogP) is 1.55. The number of hydrogen-bond acceptors (Lipinski definition) is 2. The molecule has 1 aromatic rings. The summed E-state index contributed by atoms with van der Waals surface area (Å²) >= 11 is 0. The molecule has 16 heavy (non-hydrogen) atoms. The molecule has 1 rings (SSSR count). The summed E-state index contributed by atoms with van der Waals surface area (Å²) in [6.45, 7) is 8.00. The Morgan fingerprint density at radius 3 is 2.31 bits per heavy atom. The normalized spacial score (nSPS) is 12.9. The highest BCUT2D eigenvalue weighted by molar-refractivity contribution is 5.88. The van der Waals surface area contributed by atoms with E-state index in [0.29, 0.717) is 12.3 Å². The van der Waals surface area contributed by atoms with Crippen LogP contribution in [0.1, 0.15) is 31.7 Å². The van der Waals surface area contributed by atoms with Gasteiger partial charge in [0.05, 0.1) is 6.04 Å². The monoisotopic (exact) mass is 223 g/mol. The van der Waals surface area contributed by atoms with Gasteiger partial charge in [-0.25, -0.2) is 0 Å². The third-order valence-electron chi connectivity index (χ3n) is 2.56. The van der Waals surface area contributed by atoms with Crippen molar-refractivity contribution in [2.75, 3.05) is 5.43 Å². The summed E-state index contributed by atoms with van der Waals surface area (Å²) in [6.07, 6.45) is 0.700. The summed E-state index contributed by atoms with van der Waals surface area (Å²) < 4.78 is 1.77. The Labute approximate surface area is 96.8 Å². The molecule has 0 spiro atoms. The second-order valence-electron chi connectivity index (χ2n) is 4.66. The minimum absolute atomic E-state index is 0.129. The zero-order valence-electron chi connectivity index (χ0n) is 10.4. The topological polar surface area (TPSA) is 60.0 Å². The average molecular weight is 223 g/mol. The molecule has 0 radical (unpaired) electrons. The Morgan fingerprint density at radius 1 is 1.38 bits per heavy atom. The van der Waals surface area contributed by atoms with Crippen molar-refractivity contribution < 1.29 is 4.79 Å². The summed E-state index contributed by atoms with van der Waals surface area (Å²) in [7, 11) is 0. The first-order valence-corrected chi connectivity index (χ1v) is 5.63. The van der Waals surface area contributed by atoms with Crippen molar-refractivity contribution in [2.45, 2.75) is 40.2 Å². The lowest BCUT2D eigenvalue weighted by Crippen LogP contribution is -2.40. The zero-order chi connectivity index (χ0) is 12.3. The van der Waals surface area contributed by atoms with E-state index >= 15 is 0 Å². The number of aryl methyl sites for hydroxylation is 2. The molecule has 1 amide bonds. The van der Waals surface area contributed by atoms with Crippen LogP contribution in [0.3, 0.4) is 0 Å². The third kappa shape index (κ3) is 3.10. The van der Waals surface area contributed by atoms with Gasteiger partial charge in [-0.05, 0) is 38.3 Å². The van der Waals surface area contributed by atoms with Gasteiger partial charge in [0, 0.05) is 11.4 Å². The van der Waals surface area contributed by atoms with Gasteiger partial charge in [-0.2, -0.15) is 0 Å². The summed E-state index contributed by atoms with van der Waals surface area (Å²) in [6, 6.07) is 3.48. The van der Waals surface area contributed by atoms with E-state index in [1.54, 1.807) is 4.68 Å². The highest BCUT2D eigenvalue weighted by Crippen LogP contribution is 2.06. The molecule has 0 bridgehead atoms. The Morgan fingerprint density at radius 2 is 1.88 bits per heavy atom. The number of carbonyl (C=O) groups is 1. The van der Waals surface area contributed by atoms with Crippen LogP contribution in [0.25, 0.3) is 0 Å². The molecule has 0 saturated heterocycles. The van der Waals surface area contributed by atoms with Gasteiger partial charge >= 0.3 is 0 Å². The molecule has 4 heteroatoms. The van der Waals surface area contributed by atoms with E-state index in [1.165, 1.54) is 0 Å². The molecule has 1 aromatic heterocycles. The minimum atomic E-state index is -0.443. The number of nitrogens with zero attached hydrogens (tertiary/aromatic N) is 1. The summed E-state index contributed by atoms with van der Waals surface area (Å²) in [4.78, 5) is 11.8. The van der Waals surface area contributed by atoms with Gasteiger partial charge < -0.3 is 5.73 Å². The largest absolute Gasteiger partial charge is 0.320 e. The van der Waals surface area contributed by atoms with E-state index in [1.807, 2.05) is 26.0 Å². The van der Waals surface area contributed by atoms with E-state index in [2.05, 4.69) is 19.3 Å². The molecule has 90 valence electrons. The highest BCUT2D eigenvalue weighted by atomic mass is 16.2. The molecule has 0 aliphatic heterocycles. The van der Waals surface area contributed by atoms with Crippen LogP contribution in [-0.4, -0.2) is 16.6 Å². The van der Waals surface area contributed by atoms with E-state index in [0.717, 1.165) is 11.4 Å². The maximum Gasteiger partial charge on any atom is 0.255 e. The maximum absolute atomic E-state index is 11.8. The second-order valence-corrected chi connectivity index (χ2v) is 4.66. The molecular formula is C12H21N3O. The van der Waals surface area contributed by atoms with Crippen molar-refractivity contribution in [3.8, 4) is 0 Å². The fourth-order valence-corrected chi connectivity index (χ4v) is 1.65. The van der Waals surface area contributed by atoms with Crippen LogP contribution in [0, 0.1) is 19.8 Å². The summed E-state index contributed by atoms with van der Waals surface area (Å²) in [5, 5.41) is 0. The maximum atomic E-state index is 11.8. The van der Waals surface area contributed by atoms with Crippen LogP contribution in [0.4, 0.5) is 0 Å². The van der Waals surface area contributed by atoms with Crippen molar-refractivity contribution >= 4 is 5.91 Å². The first kappa shape index (κ1) is 12.8. The number of nitrogens with one attached hydrogen (secondary N) is 1. The Kier molecular flexibility index (Phi) is 4.12. The predicted molar refractivity (Wildman–Crippen MR) is 65.7 cm³/mol. The molecule has 3 N–H and O–H groups in total. The Bertz CT molecular complexity index is 349. The molecule has 0 saturated carbocycles. The number of amides is 1. The van der Waals surface area contributed by atoms with E-state index in [-0.39, 0.29) is 5.91 Å². The van der Waals surface area contributed by atoms with Crippen LogP contribution >= 0.6 is 0 Å². The van der Waals surface area contributed by atoms with Crippen LogP contribution in [-0.2, 0) is 4.79 Å². The van der Waals surface area contributed by atoms with Crippen molar-refractivity contribution in [3.63, 3.8) is 0 Å². The Balaban J connectivity index is 2.64. The molecule has 4 nitrogen and oxygen atoms in total. The van der Waals surface area contributed by atoms with Crippen molar-refractivity contribution in [2.24, 2.45) is 11.7 Å². The standard InChI is InChI=1S/C12H21N3O/c1-8(2)7-11(13)12(16)14-15-9(3)5-6-10(15)4/h5-6,8,11H,7,13H2,1-4H3,(H,14,16)/t11-/m0/s1. The van der Waals surface area contributed by atoms with Crippen LogP contribution < -0.4 is 11.2 Å². The van der Waals surface area contributed by atoms with Crippen molar-refractivity contribution in [1.82, 2.24) is 4.68 Å². The molecule has 0 aliphatic rings. The van der Waals surface area contributed by atoms with Crippen LogP contribution in [0.2, 0.25) is 0 Å². The van der Waals surface area contributed by atoms with Gasteiger partial charge in [0.25, 0.3) is 5.91 Å². The lowest BCUT2D eigenvalue weighted by Gasteiger charge is -2.16. The molecular weight excluding hydrogens is 202 g/mol. The lowest BCUT2D eigenvalue weighted by atomic mass is 10.0. The molecule has 0 fully saturated rings. The van der Waals surface area contributed by atoms with Crippen molar-refractivity contribution in [3.05, 3.63) is 23.5 Å². The third-order valence-corrected chi connectivity index (χ3v) is 2.56. The second kappa shape index (κ2) is 5.16. The molecule has 0 aliphatic carbocycles. The Hall–Kier alpha value is -1.29. The number of aromatic nitrogens is 1. The SMILES string of the molecule is Cc1ccc(C)n1NC(=O)[C@@H](N)CC(C)C. The van der Waals surface area contributed by atoms with Gasteiger partial charge in [-0.15, -0.1) is 0 Å². The van der Waals surface area contributed by atoms with Crippen molar-refractivity contribution in [1.29, 1.82) is 0 Å². The molecule has 0 unspecified atom stereocenters. The van der Waals surface area contributed by atoms with Gasteiger partial charge in [0.15, 0.2) is 0 Å². The first-order chi connectivity index (χ1) is 7.41. The number of rotatable bonds is 4. The number of nitrogens with two attached hydrogens (primary N) is 1. The number of hydrogen-bond donors (Lipinski definition) is 2. The molecule has 1 atom stereocenters. The van der Waals surface area contributed by atoms with Gasteiger partial charge in [-0.3, -0.25) is 14.9 Å². The highest BCUT2D eigenvalue weighted by Gasteiger charge is 2.16. The van der Waals surface area contributed by atoms with Gasteiger partial charge in [0.2, 0.25) is 0 Å². The van der Waals surface area contributed by atoms with E-state index in [4.69, 9.17) is 5.73 Å². The average Bonchev–Trinajstić information content (AvgIpc) is 2.48. The van der Waals surface area contributed by atoms with Gasteiger partial charge in [0.1, 0.15) is 0 Å². The lowest BCUT2D eigenvalue weighted by molar-refractivity contribution is -0.118. The zero-order valence-corrected chi connectivity index (χ0v) is 10.4. The fraction of sp³-hybridized carbons (Fsp3) is 0.583. The van der Waals surface area contributed by atoms with Crippen LogP contribution in [0.5, 0.6) is 0 Å². The minimum Gasteiger partial charge on any atom is -0.320 e. The fourth-order valence-electron chi connectivity index (χ4n) is 1.65. The smallest absolute Gasteiger partial charge is 0.255 e. The van der Waals surface area contributed by atoms with E-state index < -0.39 is 6.04 Å².